The van der Waals surface area contributed by atoms with E-state index in [4.69, 9.17) is 37.0 Å². The Morgan fingerprint density at radius 3 is 0.782 bits per heavy atom. The van der Waals surface area contributed by atoms with Gasteiger partial charge in [0.1, 0.15) is 19.3 Å². The molecule has 516 valence electrons. The van der Waals surface area contributed by atoms with Crippen LogP contribution in [0.1, 0.15) is 349 Å². The summed E-state index contributed by atoms with van der Waals surface area (Å²) < 4.78 is 68.1. The van der Waals surface area contributed by atoms with Crippen LogP contribution in [0.4, 0.5) is 0 Å². The molecular weight excluding hydrogens is 1150 g/mol. The molecule has 87 heavy (non-hydrogen) atoms. The van der Waals surface area contributed by atoms with Gasteiger partial charge >= 0.3 is 39.5 Å². The van der Waals surface area contributed by atoms with Crippen molar-refractivity contribution in [3.05, 3.63) is 0 Å². The molecule has 5 atom stereocenters. The summed E-state index contributed by atoms with van der Waals surface area (Å²) in [7, 11) is -9.89. The standard InChI is InChI=1S/C68H132O17P2/c1-6-9-12-15-18-20-22-24-29-32-37-42-47-52-66(71)79-58-64(85-68(73)54-49-44-39-34-30-26-23-25-28-31-36-40-45-50-61(4)5)60-83-87(76,77)81-56-62(69)55-80-86(74,75)82-59-63(57-78-65(70)51-46-41-35-17-14-11-8-3)84-67(72)53-48-43-38-33-27-21-19-16-13-10-7-2/h61-64,69H,6-60H2,1-5H3,(H,74,75)(H,76,77)/t62-,63+,64+/m0/s1. The van der Waals surface area contributed by atoms with Gasteiger partial charge in [-0.3, -0.25) is 37.3 Å². The van der Waals surface area contributed by atoms with Crippen LogP contribution < -0.4 is 0 Å². The highest BCUT2D eigenvalue weighted by Gasteiger charge is 2.30. The smallest absolute Gasteiger partial charge is 0.462 e. The highest BCUT2D eigenvalue weighted by atomic mass is 31.2. The van der Waals surface area contributed by atoms with E-state index in [2.05, 4.69) is 34.6 Å². The molecule has 2 unspecified atom stereocenters. The maximum atomic E-state index is 13.0. The lowest BCUT2D eigenvalue weighted by Crippen LogP contribution is -2.30. The molecule has 0 fully saturated rings. The molecule has 17 nitrogen and oxygen atoms in total. The molecule has 0 aliphatic heterocycles. The zero-order chi connectivity index (χ0) is 64.2. The van der Waals surface area contributed by atoms with Crippen LogP contribution in [0.15, 0.2) is 0 Å². The topological polar surface area (TPSA) is 237 Å². The molecular formula is C68H132O17P2. The number of esters is 4. The van der Waals surface area contributed by atoms with Gasteiger partial charge in [0, 0.05) is 25.7 Å². The number of hydrogen-bond donors (Lipinski definition) is 3. The van der Waals surface area contributed by atoms with Crippen molar-refractivity contribution in [2.45, 2.75) is 368 Å². The van der Waals surface area contributed by atoms with Crippen molar-refractivity contribution in [1.29, 1.82) is 0 Å². The lowest BCUT2D eigenvalue weighted by atomic mass is 10.0. The number of phosphoric acid groups is 2. The third-order valence-corrected chi connectivity index (χ3v) is 17.7. The molecule has 0 saturated heterocycles. The monoisotopic (exact) mass is 1280 g/mol. The van der Waals surface area contributed by atoms with E-state index >= 15 is 0 Å². The SMILES string of the molecule is CCCCCCCCCCCCCCCC(=O)OC[C@H](COP(=O)(O)OC[C@@H](O)COP(=O)(O)OC[C@@H](COC(=O)CCCCCCCCC)OC(=O)CCCCCCCCCCCCC)OC(=O)CCCCCCCCCCCCCCCC(C)C. The lowest BCUT2D eigenvalue weighted by Gasteiger charge is -2.21. The van der Waals surface area contributed by atoms with Gasteiger partial charge in [0.25, 0.3) is 0 Å². The van der Waals surface area contributed by atoms with Gasteiger partial charge in [-0.1, -0.05) is 298 Å². The molecule has 0 aliphatic carbocycles. The number of unbranched alkanes of at least 4 members (excludes halogenated alkanes) is 40. The summed E-state index contributed by atoms with van der Waals surface area (Å²) in [5.74, 6) is -1.34. The fourth-order valence-electron chi connectivity index (χ4n) is 10.3. The van der Waals surface area contributed by atoms with Crippen molar-refractivity contribution in [1.82, 2.24) is 0 Å². The van der Waals surface area contributed by atoms with Crippen molar-refractivity contribution in [3.63, 3.8) is 0 Å². The minimum absolute atomic E-state index is 0.107. The van der Waals surface area contributed by atoms with Gasteiger partial charge in [0.15, 0.2) is 12.2 Å². The highest BCUT2D eigenvalue weighted by molar-refractivity contribution is 7.47. The Bertz CT molecular complexity index is 1690. The Hall–Kier alpha value is -1.94. The summed E-state index contributed by atoms with van der Waals surface area (Å²) in [6.07, 6.45) is 47.2. The highest BCUT2D eigenvalue weighted by Crippen LogP contribution is 2.45. The summed E-state index contributed by atoms with van der Waals surface area (Å²) in [5, 5.41) is 10.6. The number of phosphoric ester groups is 2. The predicted molar refractivity (Wildman–Crippen MR) is 349 cm³/mol. The summed E-state index contributed by atoms with van der Waals surface area (Å²) >= 11 is 0. The van der Waals surface area contributed by atoms with Crippen LogP contribution in [-0.4, -0.2) is 96.7 Å². The average Bonchev–Trinajstić information content (AvgIpc) is 3.62. The fraction of sp³-hybridized carbons (Fsp3) is 0.941. The second-order valence-electron chi connectivity index (χ2n) is 25.0. The van der Waals surface area contributed by atoms with Crippen molar-refractivity contribution in [2.24, 2.45) is 5.92 Å². The molecule has 0 rings (SSSR count). The first kappa shape index (κ1) is 85.1. The zero-order valence-corrected chi connectivity index (χ0v) is 57.9. The number of carbonyl (C=O) groups excluding carboxylic acids is 4. The Morgan fingerprint density at radius 1 is 0.310 bits per heavy atom. The second kappa shape index (κ2) is 61.6. The van der Waals surface area contributed by atoms with Crippen LogP contribution in [0.2, 0.25) is 0 Å². The van der Waals surface area contributed by atoms with E-state index in [1.54, 1.807) is 0 Å². The van der Waals surface area contributed by atoms with Crippen LogP contribution >= 0.6 is 15.6 Å². The summed E-state index contributed by atoms with van der Waals surface area (Å²) in [6.45, 7) is 7.21. The Labute approximate surface area is 530 Å². The Kier molecular flexibility index (Phi) is 60.2. The van der Waals surface area contributed by atoms with E-state index in [0.29, 0.717) is 25.7 Å². The zero-order valence-electron chi connectivity index (χ0n) is 56.2. The molecule has 0 aliphatic rings. The number of rotatable bonds is 68. The first-order valence-electron chi connectivity index (χ1n) is 35.6. The predicted octanol–water partition coefficient (Wildman–Crippen LogP) is 19.4. The van der Waals surface area contributed by atoms with Gasteiger partial charge in [-0.2, -0.15) is 0 Å². The fourth-order valence-corrected chi connectivity index (χ4v) is 11.9. The van der Waals surface area contributed by atoms with Crippen LogP contribution in [0, 0.1) is 5.92 Å². The average molecular weight is 1280 g/mol. The lowest BCUT2D eigenvalue weighted by molar-refractivity contribution is -0.161. The van der Waals surface area contributed by atoms with Crippen LogP contribution in [0.25, 0.3) is 0 Å². The minimum atomic E-state index is -4.95. The molecule has 3 N–H and O–H groups in total. The van der Waals surface area contributed by atoms with E-state index in [-0.39, 0.29) is 25.7 Å². The van der Waals surface area contributed by atoms with E-state index in [9.17, 15) is 43.2 Å². The molecule has 0 amide bonds. The third kappa shape index (κ3) is 62.6. The molecule has 0 spiro atoms. The number of aliphatic hydroxyl groups excluding tert-OH is 1. The van der Waals surface area contributed by atoms with Crippen molar-refractivity contribution < 1.29 is 80.2 Å². The van der Waals surface area contributed by atoms with Crippen molar-refractivity contribution in [2.75, 3.05) is 39.6 Å². The van der Waals surface area contributed by atoms with E-state index in [1.165, 1.54) is 161 Å². The molecule has 0 radical (unpaired) electrons. The normalized spacial score (nSPS) is 14.1. The largest absolute Gasteiger partial charge is 0.472 e. The number of aliphatic hydroxyl groups is 1. The van der Waals surface area contributed by atoms with Gasteiger partial charge in [-0.25, -0.2) is 9.13 Å². The maximum Gasteiger partial charge on any atom is 0.472 e. The number of hydrogen-bond acceptors (Lipinski definition) is 15. The van der Waals surface area contributed by atoms with E-state index in [0.717, 1.165) is 109 Å². The Morgan fingerprint density at radius 2 is 0.529 bits per heavy atom. The van der Waals surface area contributed by atoms with Crippen molar-refractivity contribution in [3.8, 4) is 0 Å². The van der Waals surface area contributed by atoms with E-state index < -0.39 is 97.5 Å². The molecule has 0 heterocycles. The first-order chi connectivity index (χ1) is 42.0. The summed E-state index contributed by atoms with van der Waals surface area (Å²) in [6, 6.07) is 0. The molecule has 0 saturated carbocycles. The quantitative estimate of drug-likeness (QED) is 0.0222. The molecule has 19 heteroatoms. The van der Waals surface area contributed by atoms with Crippen LogP contribution in [-0.2, 0) is 65.4 Å². The van der Waals surface area contributed by atoms with E-state index in [1.807, 2.05) is 0 Å². The van der Waals surface area contributed by atoms with Gasteiger partial charge in [-0.05, 0) is 31.6 Å². The first-order valence-corrected chi connectivity index (χ1v) is 38.6. The van der Waals surface area contributed by atoms with Gasteiger partial charge in [0.05, 0.1) is 26.4 Å². The van der Waals surface area contributed by atoms with Gasteiger partial charge in [-0.15, -0.1) is 0 Å². The second-order valence-corrected chi connectivity index (χ2v) is 27.9. The molecule has 0 aromatic rings. The molecule has 0 bridgehead atoms. The maximum absolute atomic E-state index is 13.0. The summed E-state index contributed by atoms with van der Waals surface area (Å²) in [4.78, 5) is 72.3. The van der Waals surface area contributed by atoms with Crippen LogP contribution in [0.3, 0.4) is 0 Å². The Balaban J connectivity index is 5.20. The van der Waals surface area contributed by atoms with Gasteiger partial charge < -0.3 is 33.8 Å². The van der Waals surface area contributed by atoms with Crippen molar-refractivity contribution >= 4 is 39.5 Å². The number of ether oxygens (including phenoxy) is 4. The summed E-state index contributed by atoms with van der Waals surface area (Å²) in [5.41, 5.74) is 0. The third-order valence-electron chi connectivity index (χ3n) is 15.8. The molecule has 0 aromatic heterocycles. The minimum Gasteiger partial charge on any atom is -0.462 e. The van der Waals surface area contributed by atoms with Gasteiger partial charge in [0.2, 0.25) is 0 Å². The van der Waals surface area contributed by atoms with Crippen LogP contribution in [0.5, 0.6) is 0 Å². The molecule has 0 aromatic carbocycles. The number of carbonyl (C=O) groups is 4.